The van der Waals surface area contributed by atoms with E-state index >= 15 is 0 Å². The van der Waals surface area contributed by atoms with Crippen LogP contribution in [0.4, 0.5) is 5.69 Å². The molecule has 2 atom stereocenters. The van der Waals surface area contributed by atoms with E-state index in [0.29, 0.717) is 32.4 Å². The minimum absolute atomic E-state index is 0. The molecule has 164 valence electrons. The van der Waals surface area contributed by atoms with Crippen LogP contribution in [0.5, 0.6) is 0 Å². The summed E-state index contributed by atoms with van der Waals surface area (Å²) < 4.78 is 0. The molecule has 1 aromatic rings. The number of imide groups is 1. The molecule has 0 bridgehead atoms. The SMILES string of the molecule is Cl.NCCCCCC(=O)N1CC[C@H](C(=O)N[C@@H]2CCC(=O)NC2=O)c2ccccc21. The molecule has 0 saturated carbocycles. The largest absolute Gasteiger partial charge is 0.344 e. The van der Waals surface area contributed by atoms with Crippen molar-refractivity contribution in [1.82, 2.24) is 10.6 Å². The van der Waals surface area contributed by atoms with Gasteiger partial charge >= 0.3 is 0 Å². The molecular formula is C21H29ClN4O4. The zero-order valence-corrected chi connectivity index (χ0v) is 17.7. The molecule has 1 fully saturated rings. The molecule has 3 rings (SSSR count). The summed E-state index contributed by atoms with van der Waals surface area (Å²) in [5, 5.41) is 5.03. The van der Waals surface area contributed by atoms with Crippen molar-refractivity contribution >= 4 is 41.7 Å². The first-order valence-corrected chi connectivity index (χ1v) is 10.2. The molecule has 0 spiro atoms. The van der Waals surface area contributed by atoms with E-state index < -0.39 is 17.9 Å². The van der Waals surface area contributed by atoms with E-state index in [9.17, 15) is 19.2 Å². The Labute approximate surface area is 182 Å². The number of carbonyl (C=O) groups is 4. The van der Waals surface area contributed by atoms with Gasteiger partial charge in [-0.05, 0) is 43.9 Å². The van der Waals surface area contributed by atoms with Crippen molar-refractivity contribution in [2.24, 2.45) is 5.73 Å². The standard InChI is InChI=1S/C21H28N4O4.ClH/c22-12-5-1-2-8-19(27)25-13-11-15(14-6-3-4-7-17(14)25)20(28)23-16-9-10-18(26)24-21(16)29;/h3-4,6-7,15-16H,1-2,5,8-13,22H2,(H,23,28)(H,24,26,29);1H/t15-,16+;/m0./s1. The Balaban J connectivity index is 0.00000320. The number of nitrogens with one attached hydrogen (secondary N) is 2. The fraction of sp³-hybridized carbons (Fsp3) is 0.524. The van der Waals surface area contributed by atoms with Crippen LogP contribution in [0.1, 0.15) is 56.4 Å². The van der Waals surface area contributed by atoms with Crippen LogP contribution in [0, 0.1) is 0 Å². The topological polar surface area (TPSA) is 122 Å². The molecule has 1 saturated heterocycles. The highest BCUT2D eigenvalue weighted by Gasteiger charge is 2.35. The highest BCUT2D eigenvalue weighted by Crippen LogP contribution is 2.36. The zero-order valence-electron chi connectivity index (χ0n) is 16.9. The van der Waals surface area contributed by atoms with Crippen molar-refractivity contribution in [3.8, 4) is 0 Å². The maximum absolute atomic E-state index is 12.9. The molecule has 4 amide bonds. The zero-order chi connectivity index (χ0) is 20.8. The van der Waals surface area contributed by atoms with Crippen molar-refractivity contribution in [1.29, 1.82) is 0 Å². The third-order valence-electron chi connectivity index (χ3n) is 5.51. The van der Waals surface area contributed by atoms with E-state index in [2.05, 4.69) is 10.6 Å². The molecule has 2 aliphatic rings. The van der Waals surface area contributed by atoms with E-state index in [-0.39, 0.29) is 36.5 Å². The number of halogens is 1. The predicted molar refractivity (Wildman–Crippen MR) is 115 cm³/mol. The monoisotopic (exact) mass is 436 g/mol. The minimum atomic E-state index is -0.699. The molecule has 4 N–H and O–H groups in total. The lowest BCUT2D eigenvalue weighted by Crippen LogP contribution is -2.53. The van der Waals surface area contributed by atoms with Crippen molar-refractivity contribution in [2.75, 3.05) is 18.0 Å². The van der Waals surface area contributed by atoms with Crippen molar-refractivity contribution in [3.05, 3.63) is 29.8 Å². The van der Waals surface area contributed by atoms with Crippen LogP contribution in [0.25, 0.3) is 0 Å². The number of para-hydroxylation sites is 1. The van der Waals surface area contributed by atoms with Gasteiger partial charge in [-0.1, -0.05) is 24.6 Å². The summed E-state index contributed by atoms with van der Waals surface area (Å²) in [5.41, 5.74) is 7.05. The Morgan fingerprint density at radius 2 is 1.90 bits per heavy atom. The number of anilines is 1. The first-order chi connectivity index (χ1) is 14.0. The molecule has 2 aliphatic heterocycles. The predicted octanol–water partition coefficient (Wildman–Crippen LogP) is 1.37. The number of nitrogens with two attached hydrogens (primary N) is 1. The number of hydrogen-bond donors (Lipinski definition) is 3. The van der Waals surface area contributed by atoms with E-state index in [1.807, 2.05) is 24.3 Å². The van der Waals surface area contributed by atoms with Gasteiger partial charge in [-0.2, -0.15) is 0 Å². The average Bonchev–Trinajstić information content (AvgIpc) is 2.72. The van der Waals surface area contributed by atoms with Crippen molar-refractivity contribution in [2.45, 2.75) is 56.9 Å². The number of unbranched alkanes of at least 4 members (excludes halogenated alkanes) is 2. The highest BCUT2D eigenvalue weighted by atomic mass is 35.5. The van der Waals surface area contributed by atoms with E-state index in [4.69, 9.17) is 5.73 Å². The number of nitrogens with zero attached hydrogens (tertiary/aromatic N) is 1. The number of rotatable bonds is 7. The fourth-order valence-electron chi connectivity index (χ4n) is 3.93. The Bertz CT molecular complexity index is 801. The quantitative estimate of drug-likeness (QED) is 0.440. The van der Waals surface area contributed by atoms with E-state index in [1.165, 1.54) is 0 Å². The van der Waals surface area contributed by atoms with Crippen LogP contribution in [-0.2, 0) is 19.2 Å². The lowest BCUT2D eigenvalue weighted by Gasteiger charge is -2.34. The number of carbonyl (C=O) groups excluding carboxylic acids is 4. The summed E-state index contributed by atoms with van der Waals surface area (Å²) in [6.07, 6.45) is 4.10. The lowest BCUT2D eigenvalue weighted by molar-refractivity contribution is -0.137. The van der Waals surface area contributed by atoms with Gasteiger partial charge in [0.25, 0.3) is 0 Å². The van der Waals surface area contributed by atoms with Gasteiger partial charge in [0.2, 0.25) is 23.6 Å². The summed E-state index contributed by atoms with van der Waals surface area (Å²) in [6, 6.07) is 6.72. The summed E-state index contributed by atoms with van der Waals surface area (Å²) in [4.78, 5) is 50.6. The number of hydrogen-bond acceptors (Lipinski definition) is 5. The van der Waals surface area contributed by atoms with E-state index in [0.717, 1.165) is 30.5 Å². The van der Waals surface area contributed by atoms with Crippen LogP contribution in [0.3, 0.4) is 0 Å². The van der Waals surface area contributed by atoms with Gasteiger partial charge in [0.1, 0.15) is 6.04 Å². The Hall–Kier alpha value is -2.45. The second-order valence-corrected chi connectivity index (χ2v) is 7.56. The van der Waals surface area contributed by atoms with Crippen LogP contribution in [-0.4, -0.2) is 42.8 Å². The first-order valence-electron chi connectivity index (χ1n) is 10.2. The fourth-order valence-corrected chi connectivity index (χ4v) is 3.93. The Morgan fingerprint density at radius 1 is 1.13 bits per heavy atom. The van der Waals surface area contributed by atoms with Crippen molar-refractivity contribution in [3.63, 3.8) is 0 Å². The van der Waals surface area contributed by atoms with Crippen molar-refractivity contribution < 1.29 is 19.2 Å². The maximum Gasteiger partial charge on any atom is 0.249 e. The summed E-state index contributed by atoms with van der Waals surface area (Å²) in [5.74, 6) is -1.41. The molecule has 9 heteroatoms. The third-order valence-corrected chi connectivity index (χ3v) is 5.51. The summed E-state index contributed by atoms with van der Waals surface area (Å²) in [6.45, 7) is 1.09. The molecule has 0 aliphatic carbocycles. The third kappa shape index (κ3) is 5.58. The normalized spacial score (nSPS) is 20.6. The van der Waals surface area contributed by atoms with Crippen LogP contribution in [0.2, 0.25) is 0 Å². The molecular weight excluding hydrogens is 408 g/mol. The second kappa shape index (κ2) is 11.1. The number of piperidine rings is 1. The molecule has 0 unspecified atom stereocenters. The van der Waals surface area contributed by atoms with Gasteiger partial charge in [-0.15, -0.1) is 12.4 Å². The average molecular weight is 437 g/mol. The Morgan fingerprint density at radius 3 is 2.63 bits per heavy atom. The second-order valence-electron chi connectivity index (χ2n) is 7.56. The maximum atomic E-state index is 12.9. The number of benzene rings is 1. The number of amides is 4. The molecule has 1 aromatic carbocycles. The molecule has 0 radical (unpaired) electrons. The van der Waals surface area contributed by atoms with Gasteiger partial charge in [-0.3, -0.25) is 24.5 Å². The van der Waals surface area contributed by atoms with Gasteiger partial charge in [0.15, 0.2) is 0 Å². The Kier molecular flexibility index (Phi) is 8.80. The molecule has 30 heavy (non-hydrogen) atoms. The van der Waals surface area contributed by atoms with Gasteiger partial charge in [0.05, 0.1) is 5.92 Å². The first kappa shape index (κ1) is 23.8. The molecule has 2 heterocycles. The number of fused-ring (bicyclic) bond motifs is 1. The lowest BCUT2D eigenvalue weighted by atomic mass is 9.88. The smallest absolute Gasteiger partial charge is 0.249 e. The minimum Gasteiger partial charge on any atom is -0.344 e. The highest BCUT2D eigenvalue weighted by molar-refractivity contribution is 6.02. The van der Waals surface area contributed by atoms with Crippen LogP contribution < -0.4 is 21.3 Å². The van der Waals surface area contributed by atoms with E-state index in [1.54, 1.807) is 4.90 Å². The van der Waals surface area contributed by atoms with Gasteiger partial charge in [-0.25, -0.2) is 0 Å². The van der Waals surface area contributed by atoms with Gasteiger partial charge in [0, 0.05) is 25.1 Å². The van der Waals surface area contributed by atoms with Crippen LogP contribution in [0.15, 0.2) is 24.3 Å². The summed E-state index contributed by atoms with van der Waals surface area (Å²) >= 11 is 0. The summed E-state index contributed by atoms with van der Waals surface area (Å²) in [7, 11) is 0. The van der Waals surface area contributed by atoms with Gasteiger partial charge < -0.3 is 16.0 Å². The molecule has 8 nitrogen and oxygen atoms in total. The van der Waals surface area contributed by atoms with Crippen LogP contribution >= 0.6 is 12.4 Å². The molecule has 0 aromatic heterocycles.